The van der Waals surface area contributed by atoms with E-state index >= 15 is 0 Å². The summed E-state index contributed by atoms with van der Waals surface area (Å²) in [6, 6.07) is 16.2. The quantitative estimate of drug-likeness (QED) is 0.449. The van der Waals surface area contributed by atoms with E-state index in [1.54, 1.807) is 27.0 Å². The molecule has 6 nitrogen and oxygen atoms in total. The molecular formula is C24H24FN3O3. The lowest BCUT2D eigenvalue weighted by Crippen LogP contribution is -2.48. The smallest absolute Gasteiger partial charge is 0.262 e. The first-order valence-electron chi connectivity index (χ1n) is 9.86. The van der Waals surface area contributed by atoms with Gasteiger partial charge in [-0.25, -0.2) is 9.82 Å². The molecule has 0 aliphatic carbocycles. The molecule has 0 heterocycles. The first-order valence-corrected chi connectivity index (χ1v) is 9.86. The van der Waals surface area contributed by atoms with Gasteiger partial charge in [0.05, 0.1) is 18.9 Å². The molecule has 3 aromatic rings. The van der Waals surface area contributed by atoms with E-state index in [9.17, 15) is 14.0 Å². The molecule has 0 fully saturated rings. The number of carbonyl (C=O) groups excluding carboxylic acids is 2. The van der Waals surface area contributed by atoms with E-state index < -0.39 is 23.7 Å². The summed E-state index contributed by atoms with van der Waals surface area (Å²) < 4.78 is 19.3. The Labute approximate surface area is 180 Å². The fourth-order valence-electron chi connectivity index (χ4n) is 3.22. The van der Waals surface area contributed by atoms with Crippen LogP contribution in [0.1, 0.15) is 29.8 Å². The molecule has 0 spiro atoms. The summed E-state index contributed by atoms with van der Waals surface area (Å²) in [5, 5.41) is 8.59. The van der Waals surface area contributed by atoms with Crippen LogP contribution in [0.25, 0.3) is 10.8 Å². The zero-order valence-electron chi connectivity index (χ0n) is 17.6. The highest BCUT2D eigenvalue weighted by atomic mass is 19.1. The summed E-state index contributed by atoms with van der Waals surface area (Å²) in [5.74, 6) is -1.44. The summed E-state index contributed by atoms with van der Waals surface area (Å²) in [5.41, 5.74) is 3.07. The van der Waals surface area contributed by atoms with Gasteiger partial charge < -0.3 is 10.1 Å². The van der Waals surface area contributed by atoms with Gasteiger partial charge in [-0.05, 0) is 34.9 Å². The van der Waals surface area contributed by atoms with Crippen molar-refractivity contribution in [1.29, 1.82) is 0 Å². The minimum absolute atomic E-state index is 0.120. The second kappa shape index (κ2) is 9.84. The van der Waals surface area contributed by atoms with Gasteiger partial charge in [0.1, 0.15) is 17.6 Å². The van der Waals surface area contributed by atoms with Crippen LogP contribution in [0.15, 0.2) is 65.8 Å². The molecule has 7 heteroatoms. The fourth-order valence-corrected chi connectivity index (χ4v) is 3.22. The topological polar surface area (TPSA) is 79.8 Å². The molecule has 0 aliphatic rings. The largest absolute Gasteiger partial charge is 0.496 e. The van der Waals surface area contributed by atoms with Crippen LogP contribution >= 0.6 is 0 Å². The fraction of sp³-hybridized carbons (Fsp3) is 0.208. The SMILES string of the molecule is COc1ccc2ccccc2c1/C=N/NC(=O)C(NC(=O)c1ccccc1F)C(C)C. The molecule has 0 aliphatic heterocycles. The van der Waals surface area contributed by atoms with Crippen molar-refractivity contribution in [3.05, 3.63) is 77.6 Å². The van der Waals surface area contributed by atoms with E-state index in [1.807, 2.05) is 36.4 Å². The normalized spacial score (nSPS) is 12.2. The molecule has 160 valence electrons. The van der Waals surface area contributed by atoms with E-state index in [2.05, 4.69) is 15.8 Å². The van der Waals surface area contributed by atoms with Crippen molar-refractivity contribution >= 4 is 28.8 Å². The van der Waals surface area contributed by atoms with Crippen LogP contribution in [0.3, 0.4) is 0 Å². The Kier molecular flexibility index (Phi) is 6.97. The first kappa shape index (κ1) is 22.0. The summed E-state index contributed by atoms with van der Waals surface area (Å²) in [4.78, 5) is 25.1. The predicted octanol–water partition coefficient (Wildman–Crippen LogP) is 3.89. The van der Waals surface area contributed by atoms with E-state index in [0.29, 0.717) is 5.75 Å². The van der Waals surface area contributed by atoms with Gasteiger partial charge in [0.2, 0.25) is 0 Å². The van der Waals surface area contributed by atoms with Crippen molar-refractivity contribution in [3.63, 3.8) is 0 Å². The van der Waals surface area contributed by atoms with Gasteiger partial charge in [-0.15, -0.1) is 0 Å². The Balaban J connectivity index is 1.77. The molecule has 31 heavy (non-hydrogen) atoms. The Morgan fingerprint density at radius 3 is 2.45 bits per heavy atom. The van der Waals surface area contributed by atoms with Crippen molar-refractivity contribution < 1.29 is 18.7 Å². The number of hydrogen-bond acceptors (Lipinski definition) is 4. The maximum Gasteiger partial charge on any atom is 0.262 e. The lowest BCUT2D eigenvalue weighted by atomic mass is 10.0. The number of methoxy groups -OCH3 is 1. The van der Waals surface area contributed by atoms with Crippen LogP contribution in [0.4, 0.5) is 4.39 Å². The first-order chi connectivity index (χ1) is 14.9. The molecule has 0 bridgehead atoms. The second-order valence-electron chi connectivity index (χ2n) is 7.31. The number of fused-ring (bicyclic) bond motifs is 1. The number of amides is 2. The van der Waals surface area contributed by atoms with Crippen LogP contribution in [0.2, 0.25) is 0 Å². The number of halogens is 1. The summed E-state index contributed by atoms with van der Waals surface area (Å²) in [7, 11) is 1.56. The van der Waals surface area contributed by atoms with Crippen molar-refractivity contribution in [1.82, 2.24) is 10.7 Å². The van der Waals surface area contributed by atoms with Gasteiger partial charge in [-0.3, -0.25) is 9.59 Å². The van der Waals surface area contributed by atoms with Gasteiger partial charge in [-0.1, -0.05) is 56.3 Å². The van der Waals surface area contributed by atoms with E-state index in [0.717, 1.165) is 16.3 Å². The lowest BCUT2D eigenvalue weighted by Gasteiger charge is -2.20. The predicted molar refractivity (Wildman–Crippen MR) is 119 cm³/mol. The molecule has 0 saturated carbocycles. The third kappa shape index (κ3) is 5.06. The van der Waals surface area contributed by atoms with Crippen molar-refractivity contribution in [2.45, 2.75) is 19.9 Å². The van der Waals surface area contributed by atoms with E-state index in [4.69, 9.17) is 4.74 Å². The Bertz CT molecular complexity index is 1130. The molecule has 3 rings (SSSR count). The van der Waals surface area contributed by atoms with Gasteiger partial charge in [0, 0.05) is 5.56 Å². The standard InChI is InChI=1S/C24H24FN3O3/c1-15(2)22(27-23(29)18-10-6-7-11-20(18)25)24(30)28-26-14-19-17-9-5-4-8-16(17)12-13-21(19)31-3/h4-15,22H,1-3H3,(H,27,29)(H,28,30)/b26-14+. The van der Waals surface area contributed by atoms with Crippen LogP contribution in [-0.2, 0) is 4.79 Å². The van der Waals surface area contributed by atoms with Crippen LogP contribution in [-0.4, -0.2) is 31.2 Å². The van der Waals surface area contributed by atoms with Crippen LogP contribution in [0, 0.1) is 11.7 Å². The molecule has 0 saturated heterocycles. The molecule has 1 unspecified atom stereocenters. The van der Waals surface area contributed by atoms with E-state index in [-0.39, 0.29) is 11.5 Å². The summed E-state index contributed by atoms with van der Waals surface area (Å²) >= 11 is 0. The van der Waals surface area contributed by atoms with Gasteiger partial charge in [-0.2, -0.15) is 5.10 Å². The average Bonchev–Trinajstić information content (AvgIpc) is 2.77. The van der Waals surface area contributed by atoms with Gasteiger partial charge >= 0.3 is 0 Å². The highest BCUT2D eigenvalue weighted by Gasteiger charge is 2.25. The molecule has 0 aromatic heterocycles. The van der Waals surface area contributed by atoms with E-state index in [1.165, 1.54) is 24.4 Å². The lowest BCUT2D eigenvalue weighted by molar-refractivity contribution is -0.123. The second-order valence-corrected chi connectivity index (χ2v) is 7.31. The third-order valence-electron chi connectivity index (χ3n) is 4.87. The molecule has 2 amide bonds. The number of nitrogens with zero attached hydrogens (tertiary/aromatic N) is 1. The zero-order valence-corrected chi connectivity index (χ0v) is 17.6. The zero-order chi connectivity index (χ0) is 22.4. The molecule has 2 N–H and O–H groups in total. The minimum atomic E-state index is -0.890. The van der Waals surface area contributed by atoms with Crippen molar-refractivity contribution in [3.8, 4) is 5.75 Å². The number of rotatable bonds is 7. The monoisotopic (exact) mass is 421 g/mol. The highest BCUT2D eigenvalue weighted by molar-refractivity contribution is 6.03. The maximum absolute atomic E-state index is 13.9. The number of benzene rings is 3. The Morgan fingerprint density at radius 2 is 1.74 bits per heavy atom. The summed E-state index contributed by atoms with van der Waals surface area (Å²) in [6.07, 6.45) is 1.51. The molecular weight excluding hydrogens is 397 g/mol. The molecule has 0 radical (unpaired) electrons. The van der Waals surface area contributed by atoms with Gasteiger partial charge in [0.15, 0.2) is 0 Å². The minimum Gasteiger partial charge on any atom is -0.496 e. The highest BCUT2D eigenvalue weighted by Crippen LogP contribution is 2.26. The van der Waals surface area contributed by atoms with Crippen LogP contribution < -0.4 is 15.5 Å². The van der Waals surface area contributed by atoms with Crippen molar-refractivity contribution in [2.75, 3.05) is 7.11 Å². The average molecular weight is 421 g/mol. The number of hydrogen-bond donors (Lipinski definition) is 2. The number of ether oxygens (including phenoxy) is 1. The maximum atomic E-state index is 13.9. The summed E-state index contributed by atoms with van der Waals surface area (Å²) in [6.45, 7) is 3.56. The van der Waals surface area contributed by atoms with Gasteiger partial charge in [0.25, 0.3) is 11.8 Å². The Hall–Kier alpha value is -3.74. The van der Waals surface area contributed by atoms with Crippen LogP contribution in [0.5, 0.6) is 5.75 Å². The molecule has 3 aromatic carbocycles. The third-order valence-corrected chi connectivity index (χ3v) is 4.87. The van der Waals surface area contributed by atoms with Crippen molar-refractivity contribution in [2.24, 2.45) is 11.0 Å². The molecule has 1 atom stereocenters. The number of hydrazone groups is 1. The Morgan fingerprint density at radius 1 is 1.03 bits per heavy atom. The number of nitrogens with one attached hydrogen (secondary N) is 2. The number of carbonyl (C=O) groups is 2.